The van der Waals surface area contributed by atoms with Gasteiger partial charge in [0.05, 0.1) is 12.6 Å². The lowest BCUT2D eigenvalue weighted by atomic mass is 10.2. The monoisotopic (exact) mass is 174 g/mol. The van der Waals surface area contributed by atoms with Gasteiger partial charge in [0.15, 0.2) is 0 Å². The molecule has 0 unspecified atom stereocenters. The Bertz CT molecular complexity index is 200. The maximum Gasteiger partial charge on any atom is 0.303 e. The predicted molar refractivity (Wildman–Crippen MR) is 41.6 cm³/mol. The van der Waals surface area contributed by atoms with Crippen molar-refractivity contribution in [1.29, 1.82) is 0 Å². The van der Waals surface area contributed by atoms with E-state index in [4.69, 9.17) is 10.3 Å². The highest BCUT2D eigenvalue weighted by atomic mass is 16.6. The Morgan fingerprint density at radius 3 is 2.67 bits per heavy atom. The molecule has 0 aromatic carbocycles. The van der Waals surface area contributed by atoms with E-state index < -0.39 is 5.97 Å². The van der Waals surface area contributed by atoms with Gasteiger partial charge < -0.3 is 15.2 Å². The van der Waals surface area contributed by atoms with Crippen molar-refractivity contribution in [2.45, 2.75) is 12.8 Å². The van der Waals surface area contributed by atoms with Crippen LogP contribution in [-0.2, 0) is 9.63 Å². The van der Waals surface area contributed by atoms with Crippen LogP contribution in [0, 0.1) is 0 Å². The lowest BCUT2D eigenvalue weighted by Gasteiger charge is -1.95. The van der Waals surface area contributed by atoms with Crippen LogP contribution in [0.25, 0.3) is 0 Å². The summed E-state index contributed by atoms with van der Waals surface area (Å²) in [4.78, 5) is 14.5. The fourth-order valence-electron chi connectivity index (χ4n) is 0.553. The minimum atomic E-state index is -0.940. The van der Waals surface area contributed by atoms with E-state index in [9.17, 15) is 4.79 Å². The maximum atomic E-state index is 10.1. The Labute approximate surface area is 69.1 Å². The number of rotatable bonds is 5. The standard InChI is InChI=1S/C6H10N2O4/c1-12-8-5(4-7-11)2-3-6(9)10/h4,11H,2-3H2,1H3,(H,9,10). The SMILES string of the molecule is CON=C(C=NO)CCC(=O)O. The predicted octanol–water partition coefficient (Wildman–Crippen LogP) is 0.314. The fraction of sp³-hybridized carbons (Fsp3) is 0.500. The number of oxime groups is 2. The molecule has 0 aliphatic carbocycles. The van der Waals surface area contributed by atoms with Crippen molar-refractivity contribution in [3.63, 3.8) is 0 Å². The molecule has 0 heterocycles. The summed E-state index contributed by atoms with van der Waals surface area (Å²) in [7, 11) is 1.33. The Morgan fingerprint density at radius 2 is 2.25 bits per heavy atom. The Hall–Kier alpha value is -1.59. The first-order valence-electron chi connectivity index (χ1n) is 3.20. The number of carboxylic acids is 1. The van der Waals surface area contributed by atoms with Crippen molar-refractivity contribution < 1.29 is 19.9 Å². The summed E-state index contributed by atoms with van der Waals surface area (Å²) in [5.74, 6) is -0.940. The van der Waals surface area contributed by atoms with Gasteiger partial charge >= 0.3 is 5.97 Å². The van der Waals surface area contributed by atoms with Crippen molar-refractivity contribution in [2.75, 3.05) is 7.11 Å². The first kappa shape index (κ1) is 10.4. The first-order valence-corrected chi connectivity index (χ1v) is 3.20. The van der Waals surface area contributed by atoms with Gasteiger partial charge in [-0.3, -0.25) is 4.79 Å². The van der Waals surface area contributed by atoms with E-state index in [1.165, 1.54) is 7.11 Å². The molecule has 0 atom stereocenters. The van der Waals surface area contributed by atoms with Gasteiger partial charge in [-0.05, 0) is 0 Å². The average Bonchev–Trinajstić information content (AvgIpc) is 2.01. The quantitative estimate of drug-likeness (QED) is 0.356. The lowest BCUT2D eigenvalue weighted by Crippen LogP contribution is -2.05. The van der Waals surface area contributed by atoms with E-state index in [0.717, 1.165) is 6.21 Å². The minimum Gasteiger partial charge on any atom is -0.481 e. The van der Waals surface area contributed by atoms with Crippen molar-refractivity contribution in [3.8, 4) is 0 Å². The molecule has 0 fully saturated rings. The Balaban J connectivity index is 3.96. The molecule has 68 valence electrons. The summed E-state index contributed by atoms with van der Waals surface area (Å²) < 4.78 is 0. The summed E-state index contributed by atoms with van der Waals surface area (Å²) in [5.41, 5.74) is 0.280. The highest BCUT2D eigenvalue weighted by molar-refractivity contribution is 6.30. The molecule has 0 aliphatic rings. The third kappa shape index (κ3) is 5.21. The summed E-state index contributed by atoms with van der Waals surface area (Å²) in [6.07, 6.45) is 1.13. The van der Waals surface area contributed by atoms with E-state index >= 15 is 0 Å². The van der Waals surface area contributed by atoms with Crippen LogP contribution < -0.4 is 0 Å². The smallest absolute Gasteiger partial charge is 0.303 e. The van der Waals surface area contributed by atoms with Gasteiger partial charge in [-0.1, -0.05) is 10.3 Å². The molecule has 0 aromatic heterocycles. The fourth-order valence-corrected chi connectivity index (χ4v) is 0.553. The van der Waals surface area contributed by atoms with Crippen molar-refractivity contribution in [2.24, 2.45) is 10.3 Å². The Morgan fingerprint density at radius 1 is 1.58 bits per heavy atom. The van der Waals surface area contributed by atoms with Gasteiger partial charge in [0.25, 0.3) is 0 Å². The van der Waals surface area contributed by atoms with Crippen LogP contribution in [0.15, 0.2) is 10.3 Å². The molecule has 6 nitrogen and oxygen atoms in total. The molecule has 0 amide bonds. The molecular formula is C6H10N2O4. The number of nitrogens with zero attached hydrogens (tertiary/aromatic N) is 2. The summed E-state index contributed by atoms with van der Waals surface area (Å²) in [6.45, 7) is 0. The van der Waals surface area contributed by atoms with E-state index in [1.54, 1.807) is 0 Å². The molecule has 0 spiro atoms. The van der Waals surface area contributed by atoms with E-state index in [2.05, 4.69) is 15.1 Å². The molecule has 6 heteroatoms. The minimum absolute atomic E-state index is 0.0752. The molecule has 0 saturated carbocycles. The van der Waals surface area contributed by atoms with E-state index in [-0.39, 0.29) is 18.6 Å². The second-order valence-corrected chi connectivity index (χ2v) is 1.90. The second-order valence-electron chi connectivity index (χ2n) is 1.90. The van der Waals surface area contributed by atoms with E-state index in [1.807, 2.05) is 0 Å². The third-order valence-electron chi connectivity index (χ3n) is 1.01. The molecule has 12 heavy (non-hydrogen) atoms. The largest absolute Gasteiger partial charge is 0.481 e. The molecule has 0 rings (SSSR count). The highest BCUT2D eigenvalue weighted by Gasteiger charge is 2.01. The molecule has 0 bridgehead atoms. The van der Waals surface area contributed by atoms with Crippen LogP contribution in [0.1, 0.15) is 12.8 Å². The zero-order chi connectivity index (χ0) is 9.40. The second kappa shape index (κ2) is 6.14. The lowest BCUT2D eigenvalue weighted by molar-refractivity contribution is -0.136. The van der Waals surface area contributed by atoms with Gasteiger partial charge in [-0.15, -0.1) is 0 Å². The van der Waals surface area contributed by atoms with Crippen LogP contribution in [0.2, 0.25) is 0 Å². The summed E-state index contributed by atoms with van der Waals surface area (Å²) in [5, 5.41) is 22.5. The molecule has 0 aromatic rings. The van der Waals surface area contributed by atoms with Crippen LogP contribution in [-0.4, -0.2) is 35.3 Å². The number of carbonyl (C=O) groups is 1. The molecule has 0 radical (unpaired) electrons. The molecule has 0 aliphatic heterocycles. The maximum absolute atomic E-state index is 10.1. The normalized spacial score (nSPS) is 11.9. The first-order chi connectivity index (χ1) is 5.70. The number of aliphatic carboxylic acids is 1. The molecular weight excluding hydrogens is 164 g/mol. The Kier molecular flexibility index (Phi) is 5.33. The zero-order valence-corrected chi connectivity index (χ0v) is 6.60. The van der Waals surface area contributed by atoms with Crippen molar-refractivity contribution >= 4 is 17.9 Å². The number of hydrogen-bond donors (Lipinski definition) is 2. The van der Waals surface area contributed by atoms with Crippen LogP contribution in [0.3, 0.4) is 0 Å². The van der Waals surface area contributed by atoms with Crippen molar-refractivity contribution in [3.05, 3.63) is 0 Å². The van der Waals surface area contributed by atoms with Gasteiger partial charge in [-0.2, -0.15) is 0 Å². The van der Waals surface area contributed by atoms with Crippen molar-refractivity contribution in [1.82, 2.24) is 0 Å². The molecule has 2 N–H and O–H groups in total. The van der Waals surface area contributed by atoms with Gasteiger partial charge in [0, 0.05) is 6.42 Å². The summed E-state index contributed by atoms with van der Waals surface area (Å²) >= 11 is 0. The van der Waals surface area contributed by atoms with Gasteiger partial charge in [0.2, 0.25) is 0 Å². The molecule has 0 saturated heterocycles. The van der Waals surface area contributed by atoms with Gasteiger partial charge in [0.1, 0.15) is 12.8 Å². The van der Waals surface area contributed by atoms with Gasteiger partial charge in [-0.25, -0.2) is 0 Å². The van der Waals surface area contributed by atoms with Crippen LogP contribution in [0.4, 0.5) is 0 Å². The average molecular weight is 174 g/mol. The number of carboxylic acid groups (broad SMARTS) is 1. The summed E-state index contributed by atoms with van der Waals surface area (Å²) in [6, 6.07) is 0. The third-order valence-corrected chi connectivity index (χ3v) is 1.01. The number of hydrogen-bond acceptors (Lipinski definition) is 5. The van der Waals surface area contributed by atoms with Crippen LogP contribution >= 0.6 is 0 Å². The topological polar surface area (TPSA) is 91.5 Å². The van der Waals surface area contributed by atoms with E-state index in [0.29, 0.717) is 0 Å². The highest BCUT2D eigenvalue weighted by Crippen LogP contribution is 1.92. The zero-order valence-electron chi connectivity index (χ0n) is 6.60. The van der Waals surface area contributed by atoms with Crippen LogP contribution in [0.5, 0.6) is 0 Å².